The van der Waals surface area contributed by atoms with Gasteiger partial charge in [-0.05, 0) is 39.0 Å². The molecule has 1 aromatic heterocycles. The maximum absolute atomic E-state index is 12.1. The largest absolute Gasteiger partial charge is 0.493 e. The van der Waals surface area contributed by atoms with Crippen molar-refractivity contribution in [3.63, 3.8) is 0 Å². The van der Waals surface area contributed by atoms with Crippen molar-refractivity contribution in [2.45, 2.75) is 26.9 Å². The maximum atomic E-state index is 12.1. The van der Waals surface area contributed by atoms with Gasteiger partial charge in [0.1, 0.15) is 5.76 Å². The number of methoxy groups -OCH3 is 1. The Morgan fingerprint density at radius 3 is 2.42 bits per heavy atom. The van der Waals surface area contributed by atoms with Crippen LogP contribution in [-0.2, 0) is 0 Å². The molecule has 1 heterocycles. The summed E-state index contributed by atoms with van der Waals surface area (Å²) in [6.45, 7) is 5.44. The topological polar surface area (TPSA) is 103 Å². The molecule has 0 aliphatic heterocycles. The van der Waals surface area contributed by atoms with Crippen LogP contribution in [0.2, 0.25) is 0 Å². The van der Waals surface area contributed by atoms with Gasteiger partial charge in [-0.3, -0.25) is 20.4 Å². The van der Waals surface area contributed by atoms with Gasteiger partial charge in [-0.2, -0.15) is 0 Å². The van der Waals surface area contributed by atoms with Crippen molar-refractivity contribution < 1.29 is 23.6 Å². The molecule has 0 bridgehead atoms. The Balaban J connectivity index is 2.03. The summed E-state index contributed by atoms with van der Waals surface area (Å²) in [5.41, 5.74) is 4.94. The number of hydrogen-bond donors (Lipinski definition) is 2. The first kappa shape index (κ1) is 17.3. The zero-order valence-electron chi connectivity index (χ0n) is 13.9. The average Bonchev–Trinajstić information content (AvgIpc) is 2.98. The second kappa shape index (κ2) is 7.49. The number of rotatable bonds is 5. The number of nitrogens with zero attached hydrogens (tertiary/aromatic N) is 1. The SMILES string of the molecule is COc1cc(C(=O)NNC(=O)c2cc(C)on2)ccc1OC(C)C. The van der Waals surface area contributed by atoms with Gasteiger partial charge in [-0.1, -0.05) is 5.16 Å². The van der Waals surface area contributed by atoms with E-state index in [4.69, 9.17) is 14.0 Å². The summed E-state index contributed by atoms with van der Waals surface area (Å²) in [5.74, 6) is 0.378. The van der Waals surface area contributed by atoms with E-state index in [-0.39, 0.29) is 11.8 Å². The first-order valence-corrected chi connectivity index (χ1v) is 7.29. The van der Waals surface area contributed by atoms with E-state index in [9.17, 15) is 9.59 Å². The molecule has 2 amide bonds. The Kier molecular flexibility index (Phi) is 5.41. The Bertz CT molecular complexity index is 739. The summed E-state index contributed by atoms with van der Waals surface area (Å²) in [6, 6.07) is 6.19. The molecule has 0 unspecified atom stereocenters. The summed E-state index contributed by atoms with van der Waals surface area (Å²) in [4.78, 5) is 23.9. The summed E-state index contributed by atoms with van der Waals surface area (Å²) < 4.78 is 15.6. The number of hydrazine groups is 1. The third kappa shape index (κ3) is 4.25. The molecular formula is C16H19N3O5. The summed E-state index contributed by atoms with van der Waals surface area (Å²) >= 11 is 0. The minimum absolute atomic E-state index is 0.0243. The van der Waals surface area contributed by atoms with E-state index in [0.717, 1.165) is 0 Å². The van der Waals surface area contributed by atoms with Gasteiger partial charge in [0.25, 0.3) is 11.8 Å². The normalized spacial score (nSPS) is 10.4. The smallest absolute Gasteiger partial charge is 0.291 e. The molecule has 0 aliphatic rings. The third-order valence-corrected chi connectivity index (χ3v) is 2.94. The van der Waals surface area contributed by atoms with E-state index in [1.165, 1.54) is 19.2 Å². The van der Waals surface area contributed by atoms with Gasteiger partial charge < -0.3 is 14.0 Å². The summed E-state index contributed by atoms with van der Waals surface area (Å²) in [6.07, 6.45) is -0.0243. The van der Waals surface area contributed by atoms with Gasteiger partial charge in [-0.15, -0.1) is 0 Å². The number of ether oxygens (including phenoxy) is 2. The van der Waals surface area contributed by atoms with Gasteiger partial charge in [0, 0.05) is 11.6 Å². The highest BCUT2D eigenvalue weighted by molar-refractivity contribution is 5.98. The second-order valence-corrected chi connectivity index (χ2v) is 5.26. The number of amides is 2. The van der Waals surface area contributed by atoms with E-state index in [0.29, 0.717) is 22.8 Å². The first-order valence-electron chi connectivity index (χ1n) is 7.29. The van der Waals surface area contributed by atoms with Gasteiger partial charge in [-0.25, -0.2) is 0 Å². The summed E-state index contributed by atoms with van der Waals surface area (Å²) in [7, 11) is 1.49. The van der Waals surface area contributed by atoms with Crippen LogP contribution in [0.25, 0.3) is 0 Å². The first-order chi connectivity index (χ1) is 11.4. The quantitative estimate of drug-likeness (QED) is 0.810. The third-order valence-electron chi connectivity index (χ3n) is 2.94. The van der Waals surface area contributed by atoms with Crippen LogP contribution < -0.4 is 20.3 Å². The number of hydrogen-bond acceptors (Lipinski definition) is 6. The Labute approximate surface area is 139 Å². The zero-order valence-corrected chi connectivity index (χ0v) is 13.9. The fourth-order valence-electron chi connectivity index (χ4n) is 1.88. The van der Waals surface area contributed by atoms with E-state index >= 15 is 0 Å². The van der Waals surface area contributed by atoms with Gasteiger partial charge >= 0.3 is 0 Å². The van der Waals surface area contributed by atoms with Crippen molar-refractivity contribution in [2.75, 3.05) is 7.11 Å². The lowest BCUT2D eigenvalue weighted by atomic mass is 10.2. The number of nitrogens with one attached hydrogen (secondary N) is 2. The predicted molar refractivity (Wildman–Crippen MR) is 84.9 cm³/mol. The monoisotopic (exact) mass is 333 g/mol. The molecule has 0 spiro atoms. The molecule has 2 rings (SSSR count). The highest BCUT2D eigenvalue weighted by Gasteiger charge is 2.15. The Hall–Kier alpha value is -3.03. The molecule has 2 aromatic rings. The van der Waals surface area contributed by atoms with Crippen molar-refractivity contribution in [1.29, 1.82) is 0 Å². The van der Waals surface area contributed by atoms with Crippen molar-refractivity contribution >= 4 is 11.8 Å². The number of benzene rings is 1. The highest BCUT2D eigenvalue weighted by atomic mass is 16.5. The Morgan fingerprint density at radius 1 is 1.12 bits per heavy atom. The molecule has 1 aromatic carbocycles. The van der Waals surface area contributed by atoms with Crippen LogP contribution >= 0.6 is 0 Å². The highest BCUT2D eigenvalue weighted by Crippen LogP contribution is 2.28. The average molecular weight is 333 g/mol. The summed E-state index contributed by atoms with van der Waals surface area (Å²) in [5, 5.41) is 3.56. The predicted octanol–water partition coefficient (Wildman–Crippen LogP) is 1.85. The van der Waals surface area contributed by atoms with Crippen LogP contribution in [0.15, 0.2) is 28.8 Å². The van der Waals surface area contributed by atoms with Gasteiger partial charge in [0.15, 0.2) is 17.2 Å². The zero-order chi connectivity index (χ0) is 17.7. The number of carbonyl (C=O) groups excluding carboxylic acids is 2. The van der Waals surface area contributed by atoms with E-state index in [2.05, 4.69) is 16.0 Å². The van der Waals surface area contributed by atoms with Crippen LogP contribution in [0, 0.1) is 6.92 Å². The number of carbonyl (C=O) groups is 2. The second-order valence-electron chi connectivity index (χ2n) is 5.26. The number of aryl methyl sites for hydroxylation is 1. The lowest BCUT2D eigenvalue weighted by molar-refractivity contribution is 0.0841. The van der Waals surface area contributed by atoms with E-state index in [1.807, 2.05) is 13.8 Å². The van der Waals surface area contributed by atoms with Crippen molar-refractivity contribution in [3.8, 4) is 11.5 Å². The van der Waals surface area contributed by atoms with E-state index in [1.54, 1.807) is 19.1 Å². The molecule has 0 saturated heterocycles. The fraction of sp³-hybridized carbons (Fsp3) is 0.312. The molecule has 0 saturated carbocycles. The minimum atomic E-state index is -0.577. The van der Waals surface area contributed by atoms with Crippen molar-refractivity contribution in [2.24, 2.45) is 0 Å². The lowest BCUT2D eigenvalue weighted by Crippen LogP contribution is -2.41. The minimum Gasteiger partial charge on any atom is -0.493 e. The molecule has 0 radical (unpaired) electrons. The maximum Gasteiger partial charge on any atom is 0.291 e. The van der Waals surface area contributed by atoms with Crippen LogP contribution in [-0.4, -0.2) is 30.2 Å². The standard InChI is InChI=1S/C16H19N3O5/c1-9(2)23-13-6-5-11(8-14(13)22-4)15(20)17-18-16(21)12-7-10(3)24-19-12/h5-9H,1-4H3,(H,17,20)(H,18,21). The lowest BCUT2D eigenvalue weighted by Gasteiger charge is -2.14. The molecule has 0 atom stereocenters. The molecule has 2 N–H and O–H groups in total. The molecular weight excluding hydrogens is 314 g/mol. The van der Waals surface area contributed by atoms with Crippen LogP contribution in [0.4, 0.5) is 0 Å². The van der Waals surface area contributed by atoms with Crippen LogP contribution in [0.1, 0.15) is 40.5 Å². The molecule has 8 heteroatoms. The number of aromatic nitrogens is 1. The van der Waals surface area contributed by atoms with Crippen molar-refractivity contribution in [1.82, 2.24) is 16.0 Å². The molecule has 24 heavy (non-hydrogen) atoms. The van der Waals surface area contributed by atoms with Crippen LogP contribution in [0.5, 0.6) is 11.5 Å². The fourth-order valence-corrected chi connectivity index (χ4v) is 1.88. The van der Waals surface area contributed by atoms with Crippen molar-refractivity contribution in [3.05, 3.63) is 41.3 Å². The van der Waals surface area contributed by atoms with E-state index < -0.39 is 11.8 Å². The van der Waals surface area contributed by atoms with Gasteiger partial charge in [0.2, 0.25) is 0 Å². The molecule has 0 fully saturated rings. The molecule has 128 valence electrons. The molecule has 0 aliphatic carbocycles. The Morgan fingerprint density at radius 2 is 1.83 bits per heavy atom. The molecule has 8 nitrogen and oxygen atoms in total. The van der Waals surface area contributed by atoms with Crippen LogP contribution in [0.3, 0.4) is 0 Å². The van der Waals surface area contributed by atoms with Gasteiger partial charge in [0.05, 0.1) is 13.2 Å².